The SMILES string of the molecule is CC.CCCC(C)CCC1(C)CC(C)C1. The Morgan fingerprint density at radius 2 is 1.73 bits per heavy atom. The van der Waals surface area contributed by atoms with Crippen LogP contribution in [0.25, 0.3) is 0 Å². The Labute approximate surface area is 97.8 Å². The monoisotopic (exact) mass is 212 g/mol. The van der Waals surface area contributed by atoms with Crippen LogP contribution < -0.4 is 0 Å². The lowest BCUT2D eigenvalue weighted by atomic mass is 9.61. The van der Waals surface area contributed by atoms with Crippen molar-refractivity contribution in [3.8, 4) is 0 Å². The Hall–Kier alpha value is 0. The Kier molecular flexibility index (Phi) is 7.30. The first kappa shape index (κ1) is 15.0. The molecule has 0 heterocycles. The second-order valence-electron chi connectivity index (χ2n) is 5.76. The fourth-order valence-corrected chi connectivity index (χ4v) is 3.06. The molecule has 1 aliphatic carbocycles. The predicted molar refractivity (Wildman–Crippen MR) is 71.2 cm³/mol. The van der Waals surface area contributed by atoms with Gasteiger partial charge in [-0.25, -0.2) is 0 Å². The Morgan fingerprint density at radius 1 is 1.20 bits per heavy atom. The van der Waals surface area contributed by atoms with Gasteiger partial charge in [0, 0.05) is 0 Å². The third-order valence-corrected chi connectivity index (χ3v) is 3.70. The Bertz CT molecular complexity index is 142. The van der Waals surface area contributed by atoms with E-state index in [-0.39, 0.29) is 0 Å². The van der Waals surface area contributed by atoms with Crippen molar-refractivity contribution in [3.05, 3.63) is 0 Å². The summed E-state index contributed by atoms with van der Waals surface area (Å²) in [4.78, 5) is 0. The molecule has 0 heteroatoms. The van der Waals surface area contributed by atoms with Gasteiger partial charge >= 0.3 is 0 Å². The van der Waals surface area contributed by atoms with Gasteiger partial charge < -0.3 is 0 Å². The molecule has 0 nitrogen and oxygen atoms in total. The van der Waals surface area contributed by atoms with Gasteiger partial charge in [-0.3, -0.25) is 0 Å². The van der Waals surface area contributed by atoms with Gasteiger partial charge in [0.15, 0.2) is 0 Å². The largest absolute Gasteiger partial charge is 0.0683 e. The van der Waals surface area contributed by atoms with Gasteiger partial charge in [0.1, 0.15) is 0 Å². The van der Waals surface area contributed by atoms with Gasteiger partial charge in [-0.1, -0.05) is 60.8 Å². The van der Waals surface area contributed by atoms with E-state index in [0.29, 0.717) is 0 Å². The van der Waals surface area contributed by atoms with Gasteiger partial charge in [0.05, 0.1) is 0 Å². The van der Waals surface area contributed by atoms with E-state index >= 15 is 0 Å². The molecule has 0 aromatic heterocycles. The molecule has 1 saturated carbocycles. The Balaban J connectivity index is 0.000000921. The summed E-state index contributed by atoms with van der Waals surface area (Å²) in [5.41, 5.74) is 0.724. The third-order valence-electron chi connectivity index (χ3n) is 3.70. The lowest BCUT2D eigenvalue weighted by molar-refractivity contribution is 0.0695. The maximum Gasteiger partial charge on any atom is -0.0321 e. The van der Waals surface area contributed by atoms with Crippen LogP contribution in [0.5, 0.6) is 0 Å². The second kappa shape index (κ2) is 7.30. The molecular formula is C15H32. The summed E-state index contributed by atoms with van der Waals surface area (Å²) in [6.07, 6.45) is 8.66. The summed E-state index contributed by atoms with van der Waals surface area (Å²) >= 11 is 0. The van der Waals surface area contributed by atoms with E-state index in [1.54, 1.807) is 0 Å². The van der Waals surface area contributed by atoms with Crippen molar-refractivity contribution in [2.45, 2.75) is 80.1 Å². The predicted octanol–water partition coefficient (Wildman–Crippen LogP) is 5.67. The van der Waals surface area contributed by atoms with E-state index in [0.717, 1.165) is 17.3 Å². The molecule has 0 radical (unpaired) electrons. The molecular weight excluding hydrogens is 180 g/mol. The van der Waals surface area contributed by atoms with Gasteiger partial charge in [-0.05, 0) is 36.5 Å². The molecule has 1 rings (SSSR count). The van der Waals surface area contributed by atoms with E-state index in [2.05, 4.69) is 27.7 Å². The van der Waals surface area contributed by atoms with Crippen LogP contribution in [0.1, 0.15) is 80.1 Å². The summed E-state index contributed by atoms with van der Waals surface area (Å²) in [5.74, 6) is 1.96. The van der Waals surface area contributed by atoms with E-state index in [9.17, 15) is 0 Å². The molecule has 0 bridgehead atoms. The van der Waals surface area contributed by atoms with E-state index < -0.39 is 0 Å². The zero-order valence-electron chi connectivity index (χ0n) is 11.9. The molecule has 1 unspecified atom stereocenters. The molecule has 0 aromatic carbocycles. The van der Waals surface area contributed by atoms with E-state index in [1.807, 2.05) is 13.8 Å². The highest BCUT2D eigenvalue weighted by Crippen LogP contribution is 2.48. The quantitative estimate of drug-likeness (QED) is 0.551. The normalized spacial score (nSPS) is 31.2. The Morgan fingerprint density at radius 3 is 2.13 bits per heavy atom. The molecule has 15 heavy (non-hydrogen) atoms. The standard InChI is InChI=1S/C13H26.C2H6/c1-5-6-11(2)7-8-13(4)9-12(3)10-13;1-2/h11-12H,5-10H2,1-4H3;1-2H3. The van der Waals surface area contributed by atoms with E-state index in [1.165, 1.54) is 38.5 Å². The number of hydrogen-bond acceptors (Lipinski definition) is 0. The van der Waals surface area contributed by atoms with Crippen molar-refractivity contribution in [2.75, 3.05) is 0 Å². The van der Waals surface area contributed by atoms with Gasteiger partial charge in [0.2, 0.25) is 0 Å². The minimum absolute atomic E-state index is 0.724. The third kappa shape index (κ3) is 5.58. The summed E-state index contributed by atoms with van der Waals surface area (Å²) in [5, 5.41) is 0. The molecule has 1 atom stereocenters. The first-order valence-corrected chi connectivity index (χ1v) is 7.06. The van der Waals surface area contributed by atoms with Crippen LogP contribution in [0.2, 0.25) is 0 Å². The highest BCUT2D eigenvalue weighted by atomic mass is 14.4. The van der Waals surface area contributed by atoms with Gasteiger partial charge in [-0.15, -0.1) is 0 Å². The first-order valence-electron chi connectivity index (χ1n) is 7.06. The molecule has 1 aliphatic rings. The van der Waals surface area contributed by atoms with Crippen molar-refractivity contribution in [1.82, 2.24) is 0 Å². The van der Waals surface area contributed by atoms with Crippen molar-refractivity contribution in [2.24, 2.45) is 17.3 Å². The lowest BCUT2D eigenvalue weighted by Gasteiger charge is -2.44. The summed E-state index contributed by atoms with van der Waals surface area (Å²) in [6.45, 7) is 13.6. The van der Waals surface area contributed by atoms with Gasteiger partial charge in [0.25, 0.3) is 0 Å². The topological polar surface area (TPSA) is 0 Å². The highest BCUT2D eigenvalue weighted by Gasteiger charge is 2.36. The lowest BCUT2D eigenvalue weighted by Crippen LogP contribution is -2.33. The number of rotatable bonds is 5. The molecule has 92 valence electrons. The van der Waals surface area contributed by atoms with E-state index in [4.69, 9.17) is 0 Å². The summed E-state index contributed by atoms with van der Waals surface area (Å²) in [7, 11) is 0. The zero-order valence-corrected chi connectivity index (χ0v) is 11.9. The minimum atomic E-state index is 0.724. The highest BCUT2D eigenvalue weighted by molar-refractivity contribution is 4.88. The maximum absolute atomic E-state index is 2.48. The molecule has 1 fully saturated rings. The van der Waals surface area contributed by atoms with Crippen molar-refractivity contribution < 1.29 is 0 Å². The molecule has 0 saturated heterocycles. The zero-order chi connectivity index (χ0) is 11.9. The minimum Gasteiger partial charge on any atom is -0.0683 e. The van der Waals surface area contributed by atoms with Crippen LogP contribution in [0.3, 0.4) is 0 Å². The molecule has 0 aliphatic heterocycles. The number of hydrogen-bond donors (Lipinski definition) is 0. The molecule has 0 N–H and O–H groups in total. The van der Waals surface area contributed by atoms with Crippen LogP contribution >= 0.6 is 0 Å². The van der Waals surface area contributed by atoms with Crippen LogP contribution in [0.15, 0.2) is 0 Å². The maximum atomic E-state index is 2.48. The van der Waals surface area contributed by atoms with Crippen molar-refractivity contribution in [1.29, 1.82) is 0 Å². The summed E-state index contributed by atoms with van der Waals surface area (Å²) < 4.78 is 0. The van der Waals surface area contributed by atoms with Gasteiger partial charge in [-0.2, -0.15) is 0 Å². The fraction of sp³-hybridized carbons (Fsp3) is 1.00. The first-order chi connectivity index (χ1) is 7.06. The molecule has 0 amide bonds. The average molecular weight is 212 g/mol. The van der Waals surface area contributed by atoms with Crippen LogP contribution in [-0.4, -0.2) is 0 Å². The average Bonchev–Trinajstić information content (AvgIpc) is 2.17. The van der Waals surface area contributed by atoms with Crippen LogP contribution in [0, 0.1) is 17.3 Å². The molecule has 0 aromatic rings. The van der Waals surface area contributed by atoms with Crippen molar-refractivity contribution >= 4 is 0 Å². The smallest absolute Gasteiger partial charge is 0.0321 e. The van der Waals surface area contributed by atoms with Crippen molar-refractivity contribution in [3.63, 3.8) is 0 Å². The fourth-order valence-electron chi connectivity index (χ4n) is 3.06. The van der Waals surface area contributed by atoms with Crippen LogP contribution in [0.4, 0.5) is 0 Å². The summed E-state index contributed by atoms with van der Waals surface area (Å²) in [6, 6.07) is 0. The van der Waals surface area contributed by atoms with Crippen LogP contribution in [-0.2, 0) is 0 Å². The second-order valence-corrected chi connectivity index (χ2v) is 5.76. The molecule has 0 spiro atoms.